The molecule has 0 saturated carbocycles. The predicted molar refractivity (Wildman–Crippen MR) is 87.4 cm³/mol. The van der Waals surface area contributed by atoms with Crippen LogP contribution in [0.2, 0.25) is 0 Å². The van der Waals surface area contributed by atoms with Crippen molar-refractivity contribution in [1.29, 1.82) is 0 Å². The van der Waals surface area contributed by atoms with Crippen LogP contribution in [-0.4, -0.2) is 25.2 Å². The van der Waals surface area contributed by atoms with Crippen LogP contribution in [-0.2, 0) is 4.79 Å². The number of amides is 1. The molecule has 0 saturated heterocycles. The molecule has 3 N–H and O–H groups in total. The summed E-state index contributed by atoms with van der Waals surface area (Å²) in [5.74, 6) is 0.853. The van der Waals surface area contributed by atoms with E-state index in [1.807, 2.05) is 13.8 Å². The van der Waals surface area contributed by atoms with E-state index in [1.54, 1.807) is 39.2 Å². The summed E-state index contributed by atoms with van der Waals surface area (Å²) < 4.78 is 10.9. The van der Waals surface area contributed by atoms with Gasteiger partial charge < -0.3 is 20.5 Å². The number of rotatable bonds is 6. The molecule has 0 aliphatic heterocycles. The highest BCUT2D eigenvalue weighted by Crippen LogP contribution is 2.30. The minimum Gasteiger partial charge on any atom is -0.497 e. The van der Waals surface area contributed by atoms with E-state index >= 15 is 0 Å². The third-order valence-corrected chi connectivity index (χ3v) is 3.01. The van der Waals surface area contributed by atoms with Gasteiger partial charge in [0.05, 0.1) is 24.8 Å². The number of nitrogens with one attached hydrogen (secondary N) is 1. The number of hydrogen-bond acceptors (Lipinski definition) is 4. The molecule has 0 spiro atoms. The van der Waals surface area contributed by atoms with Gasteiger partial charge in [0, 0.05) is 12.1 Å². The lowest BCUT2D eigenvalue weighted by Crippen LogP contribution is -2.34. The van der Waals surface area contributed by atoms with Crippen LogP contribution in [0.25, 0.3) is 0 Å². The van der Waals surface area contributed by atoms with Crippen molar-refractivity contribution in [2.75, 3.05) is 12.4 Å². The van der Waals surface area contributed by atoms with E-state index in [-0.39, 0.29) is 36.4 Å². The number of hydrogen-bond donors (Lipinski definition) is 2. The molecule has 0 fully saturated rings. The normalized spacial score (nSPS) is 13.1. The first-order chi connectivity index (χ1) is 9.35. The largest absolute Gasteiger partial charge is 0.497 e. The van der Waals surface area contributed by atoms with Crippen LogP contribution in [0.5, 0.6) is 11.5 Å². The number of anilines is 1. The Hall–Kier alpha value is -1.46. The lowest BCUT2D eigenvalue weighted by Gasteiger charge is -2.19. The van der Waals surface area contributed by atoms with Crippen LogP contribution in [0, 0.1) is 5.92 Å². The van der Waals surface area contributed by atoms with Gasteiger partial charge in [-0.05, 0) is 32.9 Å². The molecule has 0 bridgehead atoms. The second-order valence-electron chi connectivity index (χ2n) is 5.17. The van der Waals surface area contributed by atoms with Crippen molar-refractivity contribution < 1.29 is 14.3 Å². The topological polar surface area (TPSA) is 73.6 Å². The first-order valence-electron chi connectivity index (χ1n) is 6.76. The molecule has 1 aromatic rings. The van der Waals surface area contributed by atoms with Gasteiger partial charge in [-0.15, -0.1) is 12.4 Å². The molecule has 0 aromatic heterocycles. The van der Waals surface area contributed by atoms with Gasteiger partial charge in [-0.2, -0.15) is 0 Å². The highest BCUT2D eigenvalue weighted by Gasteiger charge is 2.19. The van der Waals surface area contributed by atoms with Crippen LogP contribution in [0.3, 0.4) is 0 Å². The van der Waals surface area contributed by atoms with Crippen LogP contribution in [0.4, 0.5) is 5.69 Å². The average Bonchev–Trinajstić information content (AvgIpc) is 2.38. The Morgan fingerprint density at radius 1 is 1.24 bits per heavy atom. The van der Waals surface area contributed by atoms with Gasteiger partial charge in [-0.3, -0.25) is 4.79 Å². The maximum absolute atomic E-state index is 12.1. The van der Waals surface area contributed by atoms with E-state index in [9.17, 15) is 4.79 Å². The Balaban J connectivity index is 0.00000400. The van der Waals surface area contributed by atoms with Crippen molar-refractivity contribution >= 4 is 24.0 Å². The van der Waals surface area contributed by atoms with Gasteiger partial charge >= 0.3 is 0 Å². The first kappa shape index (κ1) is 19.5. The van der Waals surface area contributed by atoms with Crippen LogP contribution < -0.4 is 20.5 Å². The smallest absolute Gasteiger partial charge is 0.228 e. The molecule has 2 atom stereocenters. The lowest BCUT2D eigenvalue weighted by atomic mass is 10.0. The third kappa shape index (κ3) is 5.81. The molecule has 2 unspecified atom stereocenters. The standard InChI is InChI=1S/C15H24N2O3.ClH/c1-9(2)20-14-7-6-12(19-5)8-13(14)17-15(18)10(3)11(4)16;/h6-11H,16H2,1-5H3,(H,17,18);1H. The zero-order valence-corrected chi connectivity index (χ0v) is 14.0. The monoisotopic (exact) mass is 316 g/mol. The molecule has 1 aromatic carbocycles. The quantitative estimate of drug-likeness (QED) is 0.846. The number of methoxy groups -OCH3 is 1. The predicted octanol–water partition coefficient (Wildman–Crippen LogP) is 2.83. The fraction of sp³-hybridized carbons (Fsp3) is 0.533. The Morgan fingerprint density at radius 2 is 1.86 bits per heavy atom. The van der Waals surface area contributed by atoms with E-state index < -0.39 is 0 Å². The summed E-state index contributed by atoms with van der Waals surface area (Å²) in [6.07, 6.45) is 0.0184. The molecule has 6 heteroatoms. The van der Waals surface area contributed by atoms with Gasteiger partial charge in [-0.1, -0.05) is 6.92 Å². The molecular formula is C15H25ClN2O3. The molecule has 0 aliphatic rings. The average molecular weight is 317 g/mol. The first-order valence-corrected chi connectivity index (χ1v) is 6.76. The van der Waals surface area contributed by atoms with Crippen LogP contribution in [0.15, 0.2) is 18.2 Å². The number of nitrogens with two attached hydrogens (primary N) is 1. The molecular weight excluding hydrogens is 292 g/mol. The molecule has 1 amide bonds. The summed E-state index contributed by atoms with van der Waals surface area (Å²) in [4.78, 5) is 12.1. The van der Waals surface area contributed by atoms with Crippen molar-refractivity contribution in [1.82, 2.24) is 0 Å². The number of halogens is 1. The third-order valence-electron chi connectivity index (χ3n) is 3.01. The summed E-state index contributed by atoms with van der Waals surface area (Å²) in [6, 6.07) is 5.10. The number of ether oxygens (including phenoxy) is 2. The molecule has 1 rings (SSSR count). The van der Waals surface area contributed by atoms with Gasteiger partial charge in [-0.25, -0.2) is 0 Å². The maximum Gasteiger partial charge on any atom is 0.228 e. The molecule has 0 radical (unpaired) electrons. The van der Waals surface area contributed by atoms with Crippen molar-refractivity contribution in [2.24, 2.45) is 11.7 Å². The minimum absolute atomic E-state index is 0. The fourth-order valence-corrected chi connectivity index (χ4v) is 1.58. The Morgan fingerprint density at radius 3 is 2.33 bits per heavy atom. The zero-order valence-electron chi connectivity index (χ0n) is 13.2. The molecule has 0 aliphatic carbocycles. The second-order valence-corrected chi connectivity index (χ2v) is 5.17. The van der Waals surface area contributed by atoms with E-state index in [0.717, 1.165) is 0 Å². The highest BCUT2D eigenvalue weighted by atomic mass is 35.5. The SMILES string of the molecule is COc1ccc(OC(C)C)c(NC(=O)C(C)C(C)N)c1.Cl. The molecule has 21 heavy (non-hydrogen) atoms. The van der Waals surface area contributed by atoms with E-state index in [0.29, 0.717) is 17.2 Å². The van der Waals surface area contributed by atoms with Crippen molar-refractivity contribution in [3.05, 3.63) is 18.2 Å². The van der Waals surface area contributed by atoms with Crippen molar-refractivity contribution in [3.8, 4) is 11.5 Å². The zero-order chi connectivity index (χ0) is 15.3. The Bertz CT molecular complexity index is 464. The number of carbonyl (C=O) groups excluding carboxylic acids is 1. The van der Waals surface area contributed by atoms with Gasteiger partial charge in [0.1, 0.15) is 11.5 Å². The van der Waals surface area contributed by atoms with Crippen molar-refractivity contribution in [3.63, 3.8) is 0 Å². The highest BCUT2D eigenvalue weighted by molar-refractivity contribution is 5.94. The molecule has 5 nitrogen and oxygen atoms in total. The van der Waals surface area contributed by atoms with E-state index in [2.05, 4.69) is 5.32 Å². The lowest BCUT2D eigenvalue weighted by molar-refractivity contribution is -0.119. The molecule has 0 heterocycles. The van der Waals surface area contributed by atoms with Crippen molar-refractivity contribution in [2.45, 2.75) is 39.8 Å². The Kier molecular flexibility index (Phi) is 8.14. The van der Waals surface area contributed by atoms with Gasteiger partial charge in [0.25, 0.3) is 0 Å². The number of benzene rings is 1. The summed E-state index contributed by atoms with van der Waals surface area (Å²) in [5, 5.41) is 2.85. The number of carbonyl (C=O) groups is 1. The van der Waals surface area contributed by atoms with Crippen LogP contribution >= 0.6 is 12.4 Å². The summed E-state index contributed by atoms with van der Waals surface area (Å²) >= 11 is 0. The minimum atomic E-state index is -0.284. The van der Waals surface area contributed by atoms with Crippen LogP contribution in [0.1, 0.15) is 27.7 Å². The summed E-state index contributed by atoms with van der Waals surface area (Å²) in [7, 11) is 1.58. The van der Waals surface area contributed by atoms with Gasteiger partial charge in [0.2, 0.25) is 5.91 Å². The molecule has 120 valence electrons. The summed E-state index contributed by atoms with van der Waals surface area (Å²) in [6.45, 7) is 7.46. The second kappa shape index (κ2) is 8.74. The van der Waals surface area contributed by atoms with E-state index in [4.69, 9.17) is 15.2 Å². The van der Waals surface area contributed by atoms with E-state index in [1.165, 1.54) is 0 Å². The van der Waals surface area contributed by atoms with Gasteiger partial charge in [0.15, 0.2) is 0 Å². The Labute approximate surface area is 132 Å². The fourth-order valence-electron chi connectivity index (χ4n) is 1.58. The maximum atomic E-state index is 12.1. The summed E-state index contributed by atoms with van der Waals surface area (Å²) in [5.41, 5.74) is 6.34.